The van der Waals surface area contributed by atoms with Gasteiger partial charge in [-0.05, 0) is 74.4 Å². The molecule has 1 amide bonds. The van der Waals surface area contributed by atoms with Crippen LogP contribution in [-0.2, 0) is 0 Å². The number of benzene rings is 3. The number of aromatic nitrogens is 3. The molecule has 0 aliphatic rings. The molecular weight excluding hydrogens is 431 g/mol. The maximum absolute atomic E-state index is 13.0. The molecule has 0 unspecified atom stereocenters. The average molecular weight is 451 g/mol. The van der Waals surface area contributed by atoms with E-state index >= 15 is 0 Å². The summed E-state index contributed by atoms with van der Waals surface area (Å²) >= 11 is 12.2. The van der Waals surface area contributed by atoms with Gasteiger partial charge < -0.3 is 5.32 Å². The molecule has 0 aliphatic carbocycles. The quantitative estimate of drug-likeness (QED) is 0.390. The molecule has 0 radical (unpaired) electrons. The fourth-order valence-electron chi connectivity index (χ4n) is 3.33. The lowest BCUT2D eigenvalue weighted by Crippen LogP contribution is -2.15. The van der Waals surface area contributed by atoms with Crippen molar-refractivity contribution in [1.29, 1.82) is 0 Å². The summed E-state index contributed by atoms with van der Waals surface area (Å²) in [5, 5.41) is 8.60. The van der Waals surface area contributed by atoms with Crippen molar-refractivity contribution in [2.45, 2.75) is 20.8 Å². The van der Waals surface area contributed by atoms with Gasteiger partial charge in [0.2, 0.25) is 5.82 Å². The van der Waals surface area contributed by atoms with Crippen LogP contribution >= 0.6 is 23.2 Å². The molecule has 7 heteroatoms. The highest BCUT2D eigenvalue weighted by Crippen LogP contribution is 2.26. The molecule has 0 spiro atoms. The molecule has 0 bridgehead atoms. The van der Waals surface area contributed by atoms with Gasteiger partial charge in [-0.1, -0.05) is 47.0 Å². The number of rotatable bonds is 4. The van der Waals surface area contributed by atoms with Gasteiger partial charge >= 0.3 is 0 Å². The van der Waals surface area contributed by atoms with Gasteiger partial charge in [-0.3, -0.25) is 4.79 Å². The summed E-state index contributed by atoms with van der Waals surface area (Å²) in [6.07, 6.45) is 0. The molecule has 3 aromatic carbocycles. The van der Waals surface area contributed by atoms with Crippen molar-refractivity contribution < 1.29 is 4.79 Å². The second-order valence-electron chi connectivity index (χ2n) is 7.33. The second-order valence-corrected chi connectivity index (χ2v) is 8.18. The van der Waals surface area contributed by atoms with E-state index in [0.717, 1.165) is 27.9 Å². The third-order valence-corrected chi connectivity index (χ3v) is 5.67. The maximum Gasteiger partial charge on any atom is 0.295 e. The molecule has 1 aromatic heterocycles. The van der Waals surface area contributed by atoms with E-state index < -0.39 is 5.91 Å². The fraction of sp³-hybridized carbons (Fsp3) is 0.125. The van der Waals surface area contributed by atoms with Gasteiger partial charge in [0.15, 0.2) is 5.82 Å². The Hall–Kier alpha value is -3.15. The largest absolute Gasteiger partial charge is 0.319 e. The van der Waals surface area contributed by atoms with Crippen molar-refractivity contribution in [2.75, 3.05) is 5.32 Å². The van der Waals surface area contributed by atoms with Crippen LogP contribution in [0.5, 0.6) is 0 Å². The highest BCUT2D eigenvalue weighted by Gasteiger charge is 2.20. The molecule has 0 saturated heterocycles. The SMILES string of the molecule is Cc1ccc(-n2nc(C(=O)Nc3cccc(Cl)c3C)nc2-c2ccc(Cl)cc2)c(C)c1. The Morgan fingerprint density at radius 3 is 2.42 bits per heavy atom. The number of hydrogen-bond acceptors (Lipinski definition) is 3. The molecule has 0 fully saturated rings. The lowest BCUT2D eigenvalue weighted by Gasteiger charge is -2.10. The van der Waals surface area contributed by atoms with Gasteiger partial charge in [0, 0.05) is 21.3 Å². The van der Waals surface area contributed by atoms with Crippen molar-refractivity contribution in [3.63, 3.8) is 0 Å². The van der Waals surface area contributed by atoms with Crippen LogP contribution < -0.4 is 5.32 Å². The molecular formula is C24H20Cl2N4O. The molecule has 0 atom stereocenters. The van der Waals surface area contributed by atoms with Crippen molar-refractivity contribution >= 4 is 34.8 Å². The van der Waals surface area contributed by atoms with Crippen LogP contribution in [0, 0.1) is 20.8 Å². The average Bonchev–Trinajstić information content (AvgIpc) is 3.17. The normalized spacial score (nSPS) is 10.9. The van der Waals surface area contributed by atoms with E-state index in [0.29, 0.717) is 21.6 Å². The fourth-order valence-corrected chi connectivity index (χ4v) is 3.63. The number of carbonyl (C=O) groups is 1. The Labute approximate surface area is 190 Å². The first kappa shape index (κ1) is 21.1. The summed E-state index contributed by atoms with van der Waals surface area (Å²) < 4.78 is 1.69. The molecule has 31 heavy (non-hydrogen) atoms. The van der Waals surface area contributed by atoms with Gasteiger partial charge in [0.1, 0.15) is 0 Å². The minimum Gasteiger partial charge on any atom is -0.319 e. The van der Waals surface area contributed by atoms with Crippen LogP contribution in [0.3, 0.4) is 0 Å². The van der Waals surface area contributed by atoms with Crippen molar-refractivity contribution in [1.82, 2.24) is 14.8 Å². The van der Waals surface area contributed by atoms with E-state index in [9.17, 15) is 4.79 Å². The van der Waals surface area contributed by atoms with E-state index in [-0.39, 0.29) is 5.82 Å². The third-order valence-electron chi connectivity index (χ3n) is 5.01. The first-order chi connectivity index (χ1) is 14.8. The number of halogens is 2. The van der Waals surface area contributed by atoms with Crippen molar-refractivity contribution in [2.24, 2.45) is 0 Å². The Balaban J connectivity index is 1.80. The molecule has 1 N–H and O–H groups in total. The highest BCUT2D eigenvalue weighted by atomic mass is 35.5. The summed E-state index contributed by atoms with van der Waals surface area (Å²) in [5.74, 6) is 0.199. The highest BCUT2D eigenvalue weighted by molar-refractivity contribution is 6.31. The Morgan fingerprint density at radius 1 is 0.968 bits per heavy atom. The summed E-state index contributed by atoms with van der Waals surface area (Å²) in [5.41, 5.74) is 5.22. The van der Waals surface area contributed by atoms with E-state index in [4.69, 9.17) is 23.2 Å². The van der Waals surface area contributed by atoms with Crippen LogP contribution in [-0.4, -0.2) is 20.7 Å². The zero-order valence-corrected chi connectivity index (χ0v) is 18.8. The number of nitrogens with zero attached hydrogens (tertiary/aromatic N) is 3. The summed E-state index contributed by atoms with van der Waals surface area (Å²) in [6.45, 7) is 5.88. The van der Waals surface area contributed by atoms with Crippen molar-refractivity contribution in [3.8, 4) is 17.1 Å². The number of anilines is 1. The van der Waals surface area contributed by atoms with Gasteiger partial charge in [-0.15, -0.1) is 5.10 Å². The molecule has 0 aliphatic heterocycles. The Bertz CT molecular complexity index is 1280. The summed E-state index contributed by atoms with van der Waals surface area (Å²) in [6, 6.07) is 18.7. The van der Waals surface area contributed by atoms with Crippen LogP contribution in [0.4, 0.5) is 5.69 Å². The maximum atomic E-state index is 13.0. The van der Waals surface area contributed by atoms with Crippen LogP contribution in [0.2, 0.25) is 10.0 Å². The molecule has 4 rings (SSSR count). The third kappa shape index (κ3) is 4.33. The Morgan fingerprint density at radius 2 is 1.71 bits per heavy atom. The van der Waals surface area contributed by atoms with E-state index in [1.807, 2.05) is 45.0 Å². The Kier molecular flexibility index (Phi) is 5.81. The smallest absolute Gasteiger partial charge is 0.295 e. The van der Waals surface area contributed by atoms with Crippen LogP contribution in [0.1, 0.15) is 27.3 Å². The molecule has 5 nitrogen and oxygen atoms in total. The van der Waals surface area contributed by atoms with E-state index in [1.165, 1.54) is 0 Å². The minimum atomic E-state index is -0.413. The van der Waals surface area contributed by atoms with E-state index in [1.54, 1.807) is 35.0 Å². The predicted molar refractivity (Wildman–Crippen MR) is 125 cm³/mol. The molecule has 4 aromatic rings. The van der Waals surface area contributed by atoms with Gasteiger partial charge in [-0.2, -0.15) is 0 Å². The first-order valence-corrected chi connectivity index (χ1v) is 10.5. The monoisotopic (exact) mass is 450 g/mol. The number of nitrogens with one attached hydrogen (secondary N) is 1. The van der Waals surface area contributed by atoms with Gasteiger partial charge in [-0.25, -0.2) is 9.67 Å². The topological polar surface area (TPSA) is 59.8 Å². The number of hydrogen-bond donors (Lipinski definition) is 1. The summed E-state index contributed by atoms with van der Waals surface area (Å²) in [7, 11) is 0. The zero-order chi connectivity index (χ0) is 22.1. The minimum absolute atomic E-state index is 0.0595. The standard InChI is InChI=1S/C24H20Cl2N4O/c1-14-7-12-21(15(2)13-14)30-23(17-8-10-18(25)11-9-17)28-22(29-30)24(31)27-20-6-4-5-19(26)16(20)3/h4-13H,1-3H3,(H,27,31). The molecule has 1 heterocycles. The number of aryl methyl sites for hydroxylation is 2. The van der Waals surface area contributed by atoms with Crippen molar-refractivity contribution in [3.05, 3.63) is 93.2 Å². The van der Waals surface area contributed by atoms with Crippen LogP contribution in [0.25, 0.3) is 17.1 Å². The lowest BCUT2D eigenvalue weighted by atomic mass is 10.1. The summed E-state index contributed by atoms with van der Waals surface area (Å²) in [4.78, 5) is 17.5. The predicted octanol–water partition coefficient (Wildman–Crippen LogP) is 6.42. The van der Waals surface area contributed by atoms with Gasteiger partial charge in [0.05, 0.1) is 5.69 Å². The van der Waals surface area contributed by atoms with E-state index in [2.05, 4.69) is 21.5 Å². The number of carbonyl (C=O) groups excluding carboxylic acids is 1. The molecule has 0 saturated carbocycles. The number of amides is 1. The molecule has 156 valence electrons. The zero-order valence-electron chi connectivity index (χ0n) is 17.3. The van der Waals surface area contributed by atoms with Crippen LogP contribution in [0.15, 0.2) is 60.7 Å². The van der Waals surface area contributed by atoms with Gasteiger partial charge in [0.25, 0.3) is 5.91 Å². The first-order valence-electron chi connectivity index (χ1n) is 9.70. The lowest BCUT2D eigenvalue weighted by molar-refractivity contribution is 0.101. The second kappa shape index (κ2) is 8.53.